The van der Waals surface area contributed by atoms with E-state index in [1.165, 1.54) is 24.7 Å². The van der Waals surface area contributed by atoms with Gasteiger partial charge >= 0.3 is 5.97 Å². The average Bonchev–Trinajstić information content (AvgIpc) is 3.41. The van der Waals surface area contributed by atoms with Crippen molar-refractivity contribution in [2.24, 2.45) is 5.92 Å². The highest BCUT2D eigenvalue weighted by atomic mass is 16.5. The summed E-state index contributed by atoms with van der Waals surface area (Å²) in [5.41, 5.74) is 1.47. The molecule has 2 aromatic rings. The van der Waals surface area contributed by atoms with Gasteiger partial charge in [0.25, 0.3) is 6.01 Å². The molecule has 0 radical (unpaired) electrons. The standard InChI is InChI=1S/C22H27N3O4/c1-3-28-21(26)17-13-29-22(23-17)25-12-16(15-6-4-5-7-18(15)27-2)20-19(25)14-8-10-24(20)11-9-14/h4-7,13-14,16,19-20H,3,8-12H2,1-2H3/t16-,19-,20-/m0/s1. The molecule has 7 nitrogen and oxygen atoms in total. The van der Waals surface area contributed by atoms with Crippen LogP contribution in [-0.4, -0.2) is 61.3 Å². The Labute approximate surface area is 170 Å². The average molecular weight is 397 g/mol. The molecule has 6 rings (SSSR count). The second-order valence-electron chi connectivity index (χ2n) is 8.09. The molecule has 0 amide bonds. The molecule has 0 unspecified atom stereocenters. The van der Waals surface area contributed by atoms with Gasteiger partial charge in [-0.05, 0) is 44.8 Å². The monoisotopic (exact) mass is 397 g/mol. The van der Waals surface area contributed by atoms with Crippen molar-refractivity contribution < 1.29 is 18.7 Å². The van der Waals surface area contributed by atoms with Gasteiger partial charge in [0, 0.05) is 24.1 Å². The summed E-state index contributed by atoms with van der Waals surface area (Å²) < 4.78 is 16.5. The first kappa shape index (κ1) is 18.5. The van der Waals surface area contributed by atoms with Gasteiger partial charge in [-0.3, -0.25) is 4.90 Å². The van der Waals surface area contributed by atoms with E-state index in [2.05, 4.69) is 26.9 Å². The fraction of sp³-hybridized carbons (Fsp3) is 0.545. The van der Waals surface area contributed by atoms with Gasteiger partial charge in [-0.1, -0.05) is 18.2 Å². The third-order valence-corrected chi connectivity index (χ3v) is 6.76. The molecule has 29 heavy (non-hydrogen) atoms. The van der Waals surface area contributed by atoms with E-state index < -0.39 is 5.97 Å². The lowest BCUT2D eigenvalue weighted by molar-refractivity contribution is 0.0344. The number of para-hydroxylation sites is 1. The minimum Gasteiger partial charge on any atom is -0.496 e. The van der Waals surface area contributed by atoms with Crippen LogP contribution in [0.15, 0.2) is 34.9 Å². The Bertz CT molecular complexity index is 890. The molecule has 0 aliphatic carbocycles. The van der Waals surface area contributed by atoms with E-state index in [0.717, 1.165) is 25.4 Å². The van der Waals surface area contributed by atoms with Crippen molar-refractivity contribution in [1.82, 2.24) is 9.88 Å². The highest BCUT2D eigenvalue weighted by Gasteiger charge is 2.55. The van der Waals surface area contributed by atoms with Crippen LogP contribution in [0.5, 0.6) is 5.75 Å². The Kier molecular flexibility index (Phi) is 4.70. The number of rotatable bonds is 5. The van der Waals surface area contributed by atoms with E-state index in [1.54, 1.807) is 14.0 Å². The Balaban J connectivity index is 1.51. The van der Waals surface area contributed by atoms with Crippen LogP contribution in [0.25, 0.3) is 0 Å². The SMILES string of the molecule is CCOC(=O)c1coc(N2C[C@@H](c3ccccc3OC)[C@H]3[C@@H]2C2CCN3CC2)n1. The van der Waals surface area contributed by atoms with Crippen LogP contribution in [0.3, 0.4) is 0 Å². The van der Waals surface area contributed by atoms with Gasteiger partial charge in [0.2, 0.25) is 0 Å². The fourth-order valence-electron chi connectivity index (χ4n) is 5.58. The molecule has 0 saturated carbocycles. The highest BCUT2D eigenvalue weighted by Crippen LogP contribution is 2.49. The van der Waals surface area contributed by atoms with Crippen molar-refractivity contribution in [1.29, 1.82) is 0 Å². The van der Waals surface area contributed by atoms with Crippen molar-refractivity contribution >= 4 is 12.0 Å². The largest absolute Gasteiger partial charge is 0.496 e. The zero-order chi connectivity index (χ0) is 20.0. The summed E-state index contributed by atoms with van der Waals surface area (Å²) in [6, 6.07) is 9.56. The Morgan fingerprint density at radius 3 is 2.79 bits per heavy atom. The molecule has 2 bridgehead atoms. The molecule has 0 spiro atoms. The van der Waals surface area contributed by atoms with Crippen LogP contribution in [0.4, 0.5) is 6.01 Å². The van der Waals surface area contributed by atoms with Gasteiger partial charge in [-0.15, -0.1) is 0 Å². The van der Waals surface area contributed by atoms with E-state index in [0.29, 0.717) is 36.5 Å². The number of piperidine rings is 3. The number of hydrogen-bond acceptors (Lipinski definition) is 7. The zero-order valence-corrected chi connectivity index (χ0v) is 16.9. The first-order chi connectivity index (χ1) is 14.2. The fourth-order valence-corrected chi connectivity index (χ4v) is 5.58. The molecule has 1 aromatic carbocycles. The summed E-state index contributed by atoms with van der Waals surface area (Å²) in [7, 11) is 1.73. The number of nitrogens with zero attached hydrogens (tertiary/aromatic N) is 3. The van der Waals surface area contributed by atoms with E-state index in [-0.39, 0.29) is 5.69 Å². The molecular weight excluding hydrogens is 370 g/mol. The summed E-state index contributed by atoms with van der Waals surface area (Å²) in [4.78, 5) is 21.5. The van der Waals surface area contributed by atoms with Gasteiger partial charge in [0.1, 0.15) is 12.0 Å². The highest BCUT2D eigenvalue weighted by molar-refractivity contribution is 5.87. The van der Waals surface area contributed by atoms with E-state index in [1.807, 2.05) is 12.1 Å². The Morgan fingerprint density at radius 2 is 2.03 bits per heavy atom. The third-order valence-electron chi connectivity index (χ3n) is 6.76. The summed E-state index contributed by atoms with van der Waals surface area (Å²) in [6.07, 6.45) is 3.81. The number of benzene rings is 1. The van der Waals surface area contributed by atoms with Crippen LogP contribution in [-0.2, 0) is 4.74 Å². The second kappa shape index (κ2) is 7.37. The number of oxazole rings is 1. The van der Waals surface area contributed by atoms with Crippen LogP contribution < -0.4 is 9.64 Å². The maximum absolute atomic E-state index is 12.1. The van der Waals surface area contributed by atoms with Crippen molar-refractivity contribution in [2.45, 2.75) is 37.8 Å². The zero-order valence-electron chi connectivity index (χ0n) is 16.9. The molecule has 0 N–H and O–H groups in total. The predicted octanol–water partition coefficient (Wildman–Crippen LogP) is 2.93. The van der Waals surface area contributed by atoms with Crippen molar-refractivity contribution in [3.8, 4) is 5.75 Å². The summed E-state index contributed by atoms with van der Waals surface area (Å²) in [6.45, 7) is 5.19. The van der Waals surface area contributed by atoms with Gasteiger partial charge in [0.05, 0.1) is 19.8 Å². The number of ether oxygens (including phenoxy) is 2. The lowest BCUT2D eigenvalue weighted by Gasteiger charge is -2.50. The van der Waals surface area contributed by atoms with E-state index in [9.17, 15) is 4.79 Å². The predicted molar refractivity (Wildman–Crippen MR) is 107 cm³/mol. The number of esters is 1. The Hall–Kier alpha value is -2.54. The lowest BCUT2D eigenvalue weighted by Crippen LogP contribution is -2.60. The smallest absolute Gasteiger partial charge is 0.360 e. The number of hydrogen-bond donors (Lipinski definition) is 0. The lowest BCUT2D eigenvalue weighted by atomic mass is 9.75. The summed E-state index contributed by atoms with van der Waals surface area (Å²) in [5.74, 6) is 1.41. The van der Waals surface area contributed by atoms with Gasteiger partial charge in [0.15, 0.2) is 5.69 Å². The van der Waals surface area contributed by atoms with Crippen LogP contribution >= 0.6 is 0 Å². The molecular formula is C22H27N3O4. The molecule has 154 valence electrons. The van der Waals surface area contributed by atoms with Gasteiger partial charge in [-0.2, -0.15) is 4.98 Å². The molecule has 5 heterocycles. The van der Waals surface area contributed by atoms with Gasteiger partial charge in [-0.25, -0.2) is 4.79 Å². The van der Waals surface area contributed by atoms with Crippen molar-refractivity contribution in [3.63, 3.8) is 0 Å². The number of carbonyl (C=O) groups excluding carboxylic acids is 1. The molecule has 7 heteroatoms. The first-order valence-corrected chi connectivity index (χ1v) is 10.5. The number of anilines is 1. The van der Waals surface area contributed by atoms with Crippen LogP contribution in [0.2, 0.25) is 0 Å². The van der Waals surface area contributed by atoms with Crippen LogP contribution in [0, 0.1) is 5.92 Å². The van der Waals surface area contributed by atoms with Crippen LogP contribution in [0.1, 0.15) is 41.7 Å². The molecule has 4 aliphatic rings. The number of aromatic nitrogens is 1. The van der Waals surface area contributed by atoms with Crippen molar-refractivity contribution in [2.75, 3.05) is 38.3 Å². The molecule has 4 fully saturated rings. The van der Waals surface area contributed by atoms with Crippen molar-refractivity contribution in [3.05, 3.63) is 41.8 Å². The first-order valence-electron chi connectivity index (χ1n) is 10.5. The number of methoxy groups -OCH3 is 1. The molecule has 1 aromatic heterocycles. The topological polar surface area (TPSA) is 68.0 Å². The maximum Gasteiger partial charge on any atom is 0.360 e. The van der Waals surface area contributed by atoms with E-state index in [4.69, 9.17) is 13.9 Å². The normalized spacial score (nSPS) is 30.3. The minimum atomic E-state index is -0.437. The third kappa shape index (κ3) is 2.99. The molecule has 4 saturated heterocycles. The molecule has 4 aliphatic heterocycles. The van der Waals surface area contributed by atoms with E-state index >= 15 is 0 Å². The van der Waals surface area contributed by atoms with Gasteiger partial charge < -0.3 is 18.8 Å². The molecule has 3 atom stereocenters. The number of fused-ring (bicyclic) bond motifs is 2. The Morgan fingerprint density at radius 1 is 1.24 bits per heavy atom. The quantitative estimate of drug-likeness (QED) is 0.719. The maximum atomic E-state index is 12.1. The second-order valence-corrected chi connectivity index (χ2v) is 8.09. The minimum absolute atomic E-state index is 0.236. The summed E-state index contributed by atoms with van der Waals surface area (Å²) >= 11 is 0. The number of carbonyl (C=O) groups is 1. The summed E-state index contributed by atoms with van der Waals surface area (Å²) in [5, 5.41) is 0.